The first kappa shape index (κ1) is 21.9. The highest BCUT2D eigenvalue weighted by molar-refractivity contribution is 8.00. The first-order valence-corrected chi connectivity index (χ1v) is 10.5. The molecule has 30 heavy (non-hydrogen) atoms. The molecule has 0 aliphatic rings. The molecular formula is C22H22ClN3O3S. The first-order chi connectivity index (χ1) is 14.3. The molecule has 1 amide bonds. The van der Waals surface area contributed by atoms with Crippen LogP contribution in [-0.2, 0) is 4.79 Å². The van der Waals surface area contributed by atoms with E-state index < -0.39 is 5.25 Å². The number of anilines is 1. The van der Waals surface area contributed by atoms with Crippen LogP contribution >= 0.6 is 23.4 Å². The maximum Gasteiger partial charge on any atom is 0.271 e. The molecule has 3 aromatic rings. The predicted molar refractivity (Wildman–Crippen MR) is 121 cm³/mol. The SMILES string of the molecule is COc1ccc(NC(=O)C(C)Sc2ccc(=O)n(-c3ccc(C)c(C)c3)n2)cc1Cl. The average Bonchev–Trinajstić information content (AvgIpc) is 2.71. The molecule has 0 spiro atoms. The van der Waals surface area contributed by atoms with Gasteiger partial charge in [0.1, 0.15) is 10.8 Å². The number of aryl methyl sites for hydroxylation is 2. The van der Waals surface area contributed by atoms with Crippen LogP contribution in [0, 0.1) is 13.8 Å². The Morgan fingerprint density at radius 1 is 1.13 bits per heavy atom. The summed E-state index contributed by atoms with van der Waals surface area (Å²) in [7, 11) is 1.53. The van der Waals surface area contributed by atoms with Crippen LogP contribution in [0.5, 0.6) is 5.75 Å². The lowest BCUT2D eigenvalue weighted by Crippen LogP contribution is -2.24. The van der Waals surface area contributed by atoms with Crippen molar-refractivity contribution in [3.63, 3.8) is 0 Å². The first-order valence-electron chi connectivity index (χ1n) is 9.27. The smallest absolute Gasteiger partial charge is 0.271 e. The number of methoxy groups -OCH3 is 1. The van der Waals surface area contributed by atoms with E-state index in [9.17, 15) is 9.59 Å². The van der Waals surface area contributed by atoms with Crippen LogP contribution in [0.2, 0.25) is 5.02 Å². The van der Waals surface area contributed by atoms with Gasteiger partial charge in [-0.1, -0.05) is 29.4 Å². The second-order valence-corrected chi connectivity index (χ2v) is 8.56. The highest BCUT2D eigenvalue weighted by Gasteiger charge is 2.17. The number of hydrogen-bond acceptors (Lipinski definition) is 5. The number of hydrogen-bond donors (Lipinski definition) is 1. The molecular weight excluding hydrogens is 422 g/mol. The minimum atomic E-state index is -0.441. The zero-order chi connectivity index (χ0) is 21.8. The number of rotatable bonds is 6. The van der Waals surface area contributed by atoms with Gasteiger partial charge in [-0.25, -0.2) is 0 Å². The number of benzene rings is 2. The van der Waals surface area contributed by atoms with Gasteiger partial charge in [-0.05, 0) is 68.3 Å². The number of carbonyl (C=O) groups is 1. The normalized spacial score (nSPS) is 11.8. The summed E-state index contributed by atoms with van der Waals surface area (Å²) in [5.41, 5.74) is 3.25. The monoisotopic (exact) mass is 443 g/mol. The summed E-state index contributed by atoms with van der Waals surface area (Å²) in [6.07, 6.45) is 0. The standard InChI is InChI=1S/C22H22ClN3O3S/c1-13-5-7-17(11-14(13)2)26-21(27)10-9-20(25-26)30-15(3)22(28)24-16-6-8-19(29-4)18(23)12-16/h5-12,15H,1-4H3,(H,24,28). The molecule has 0 saturated heterocycles. The topological polar surface area (TPSA) is 73.2 Å². The van der Waals surface area contributed by atoms with Crippen molar-refractivity contribution >= 4 is 35.0 Å². The average molecular weight is 444 g/mol. The van der Waals surface area contributed by atoms with E-state index in [-0.39, 0.29) is 11.5 Å². The molecule has 1 atom stereocenters. The van der Waals surface area contributed by atoms with Crippen LogP contribution in [0.1, 0.15) is 18.1 Å². The number of aromatic nitrogens is 2. The van der Waals surface area contributed by atoms with E-state index in [4.69, 9.17) is 16.3 Å². The fraction of sp³-hybridized carbons (Fsp3) is 0.227. The summed E-state index contributed by atoms with van der Waals surface area (Å²) < 4.78 is 6.47. The zero-order valence-electron chi connectivity index (χ0n) is 17.1. The van der Waals surface area contributed by atoms with Crippen molar-refractivity contribution in [1.29, 1.82) is 0 Å². The van der Waals surface area contributed by atoms with E-state index in [0.29, 0.717) is 27.2 Å². The van der Waals surface area contributed by atoms with Gasteiger partial charge in [-0.15, -0.1) is 0 Å². The minimum absolute atomic E-state index is 0.202. The van der Waals surface area contributed by atoms with Crippen molar-refractivity contribution in [2.24, 2.45) is 0 Å². The molecule has 8 heteroatoms. The van der Waals surface area contributed by atoms with Gasteiger partial charge in [0.2, 0.25) is 5.91 Å². The van der Waals surface area contributed by atoms with Crippen LogP contribution in [-0.4, -0.2) is 28.0 Å². The molecule has 1 N–H and O–H groups in total. The lowest BCUT2D eigenvalue weighted by atomic mass is 10.1. The number of ether oxygens (including phenoxy) is 1. The van der Waals surface area contributed by atoms with Crippen LogP contribution in [0.15, 0.2) is 58.4 Å². The van der Waals surface area contributed by atoms with Crippen LogP contribution in [0.25, 0.3) is 5.69 Å². The number of thioether (sulfide) groups is 1. The molecule has 0 fully saturated rings. The summed E-state index contributed by atoms with van der Waals surface area (Å²) in [4.78, 5) is 24.9. The Bertz CT molecular complexity index is 1150. The Kier molecular flexibility index (Phi) is 6.84. The Labute approximate surface area is 184 Å². The highest BCUT2D eigenvalue weighted by Crippen LogP contribution is 2.28. The maximum atomic E-state index is 12.6. The Balaban J connectivity index is 1.75. The van der Waals surface area contributed by atoms with Crippen LogP contribution in [0.3, 0.4) is 0 Å². The summed E-state index contributed by atoms with van der Waals surface area (Å²) in [5, 5.41) is 7.80. The van der Waals surface area contributed by atoms with Crippen molar-refractivity contribution in [3.8, 4) is 11.4 Å². The third kappa shape index (κ3) is 5.04. The second kappa shape index (κ2) is 9.36. The Hall–Kier alpha value is -2.77. The summed E-state index contributed by atoms with van der Waals surface area (Å²) in [6, 6.07) is 13.9. The van der Waals surface area contributed by atoms with Crippen molar-refractivity contribution < 1.29 is 9.53 Å². The molecule has 0 aliphatic carbocycles. The van der Waals surface area contributed by atoms with Gasteiger partial charge in [0.25, 0.3) is 5.56 Å². The quantitative estimate of drug-likeness (QED) is 0.562. The number of halogens is 1. The molecule has 0 bridgehead atoms. The largest absolute Gasteiger partial charge is 0.495 e. The number of nitrogens with zero attached hydrogens (tertiary/aromatic N) is 2. The number of carbonyl (C=O) groups excluding carboxylic acids is 1. The molecule has 1 aromatic heterocycles. The lowest BCUT2D eigenvalue weighted by Gasteiger charge is -2.13. The molecule has 2 aromatic carbocycles. The van der Waals surface area contributed by atoms with E-state index >= 15 is 0 Å². The lowest BCUT2D eigenvalue weighted by molar-refractivity contribution is -0.115. The van der Waals surface area contributed by atoms with E-state index in [1.165, 1.54) is 29.6 Å². The van der Waals surface area contributed by atoms with Crippen molar-refractivity contribution in [2.45, 2.75) is 31.0 Å². The third-order valence-corrected chi connectivity index (χ3v) is 5.92. The summed E-state index contributed by atoms with van der Waals surface area (Å²) in [5.74, 6) is 0.335. The molecule has 1 heterocycles. The second-order valence-electron chi connectivity index (χ2n) is 6.79. The van der Waals surface area contributed by atoms with E-state index in [0.717, 1.165) is 11.1 Å². The number of nitrogens with one attached hydrogen (secondary N) is 1. The fourth-order valence-electron chi connectivity index (χ4n) is 2.72. The van der Waals surface area contributed by atoms with Crippen molar-refractivity contribution in [2.75, 3.05) is 12.4 Å². The highest BCUT2D eigenvalue weighted by atomic mass is 35.5. The summed E-state index contributed by atoms with van der Waals surface area (Å²) >= 11 is 7.38. The molecule has 1 unspecified atom stereocenters. The minimum Gasteiger partial charge on any atom is -0.495 e. The van der Waals surface area contributed by atoms with Gasteiger partial charge in [-0.2, -0.15) is 9.78 Å². The molecule has 0 aliphatic heterocycles. The number of amides is 1. The molecule has 3 rings (SSSR count). The van der Waals surface area contributed by atoms with Gasteiger partial charge in [0.15, 0.2) is 0 Å². The Morgan fingerprint density at radius 3 is 2.57 bits per heavy atom. The zero-order valence-corrected chi connectivity index (χ0v) is 18.7. The van der Waals surface area contributed by atoms with Gasteiger partial charge >= 0.3 is 0 Å². The predicted octanol–water partition coefficient (Wildman–Crippen LogP) is 4.63. The van der Waals surface area contributed by atoms with Crippen LogP contribution < -0.4 is 15.6 Å². The van der Waals surface area contributed by atoms with Crippen LogP contribution in [0.4, 0.5) is 5.69 Å². The van der Waals surface area contributed by atoms with Gasteiger partial charge in [-0.3, -0.25) is 9.59 Å². The van der Waals surface area contributed by atoms with Gasteiger partial charge in [0, 0.05) is 11.8 Å². The molecule has 0 radical (unpaired) electrons. The van der Waals surface area contributed by atoms with Gasteiger partial charge < -0.3 is 10.1 Å². The third-order valence-electron chi connectivity index (χ3n) is 4.60. The van der Waals surface area contributed by atoms with Gasteiger partial charge in [0.05, 0.1) is 23.1 Å². The molecule has 0 saturated carbocycles. The van der Waals surface area contributed by atoms with E-state index in [1.807, 2.05) is 32.0 Å². The van der Waals surface area contributed by atoms with E-state index in [1.54, 1.807) is 31.2 Å². The Morgan fingerprint density at radius 2 is 1.90 bits per heavy atom. The molecule has 156 valence electrons. The van der Waals surface area contributed by atoms with Crippen molar-refractivity contribution in [3.05, 3.63) is 75.0 Å². The fourth-order valence-corrected chi connectivity index (χ4v) is 3.78. The van der Waals surface area contributed by atoms with E-state index in [2.05, 4.69) is 10.4 Å². The van der Waals surface area contributed by atoms with Crippen molar-refractivity contribution in [1.82, 2.24) is 9.78 Å². The maximum absolute atomic E-state index is 12.6. The summed E-state index contributed by atoms with van der Waals surface area (Å²) in [6.45, 7) is 5.77. The molecule has 6 nitrogen and oxygen atoms in total.